The molecule has 0 atom stereocenters. The van der Waals surface area contributed by atoms with Crippen LogP contribution in [0.25, 0.3) is 0 Å². The van der Waals surface area contributed by atoms with Gasteiger partial charge in [-0.2, -0.15) is 0 Å². The van der Waals surface area contributed by atoms with Crippen molar-refractivity contribution in [2.75, 3.05) is 31.6 Å². The van der Waals surface area contributed by atoms with Crippen molar-refractivity contribution in [1.29, 1.82) is 0 Å². The van der Waals surface area contributed by atoms with Crippen LogP contribution in [-0.4, -0.2) is 38.1 Å². The molecule has 5 nitrogen and oxygen atoms in total. The number of rotatable bonds is 5. The van der Waals surface area contributed by atoms with Gasteiger partial charge in [-0.25, -0.2) is 4.39 Å². The van der Waals surface area contributed by atoms with Gasteiger partial charge in [0.05, 0.1) is 31.3 Å². The van der Waals surface area contributed by atoms with Crippen molar-refractivity contribution >= 4 is 29.2 Å². The van der Waals surface area contributed by atoms with Crippen molar-refractivity contribution < 1.29 is 23.6 Å². The van der Waals surface area contributed by atoms with E-state index in [1.165, 1.54) is 18.2 Å². The van der Waals surface area contributed by atoms with Crippen LogP contribution < -0.4 is 10.2 Å². The van der Waals surface area contributed by atoms with E-state index in [0.717, 1.165) is 18.0 Å². The molecule has 1 fully saturated rings. The number of carbonyl (C=O) groups is 2. The monoisotopic (exact) mass is 343 g/mol. The number of nitrogens with one attached hydrogen (secondary N) is 2. The van der Waals surface area contributed by atoms with E-state index < -0.39 is 5.82 Å². The van der Waals surface area contributed by atoms with Crippen molar-refractivity contribution in [3.63, 3.8) is 0 Å². The fraction of sp³-hybridized carbons (Fsp3) is 0.500. The summed E-state index contributed by atoms with van der Waals surface area (Å²) in [5.41, 5.74) is 0.0864. The SMILES string of the molecule is CCOC(=O)C1CC[NH+](CC(=O)Nc2cc(Cl)ccc2F)CC1. The molecule has 1 aromatic rings. The number of piperidine rings is 1. The minimum Gasteiger partial charge on any atom is -0.466 e. The van der Waals surface area contributed by atoms with Gasteiger partial charge in [0.1, 0.15) is 5.82 Å². The van der Waals surface area contributed by atoms with Gasteiger partial charge in [0.25, 0.3) is 5.91 Å². The maximum absolute atomic E-state index is 13.6. The smallest absolute Gasteiger partial charge is 0.309 e. The molecule has 2 rings (SSSR count). The number of likely N-dealkylation sites (tertiary alicyclic amines) is 1. The summed E-state index contributed by atoms with van der Waals surface area (Å²) < 4.78 is 18.6. The number of amides is 1. The zero-order valence-corrected chi connectivity index (χ0v) is 13.8. The first kappa shape index (κ1) is 17.7. The third-order valence-electron chi connectivity index (χ3n) is 3.93. The van der Waals surface area contributed by atoms with Gasteiger partial charge >= 0.3 is 5.97 Å². The number of benzene rings is 1. The second-order valence-corrected chi connectivity index (χ2v) is 6.06. The molecule has 0 radical (unpaired) electrons. The molecule has 1 aliphatic rings. The standard InChI is InChI=1S/C16H20ClFN2O3/c1-2-23-16(22)11-5-7-20(8-6-11)10-15(21)19-14-9-12(17)3-4-13(14)18/h3-4,9,11H,2,5-8,10H2,1H3,(H,19,21)/p+1. The van der Waals surface area contributed by atoms with Crippen LogP contribution >= 0.6 is 11.6 Å². The molecule has 1 aliphatic heterocycles. The maximum atomic E-state index is 13.6. The topological polar surface area (TPSA) is 59.8 Å². The lowest BCUT2D eigenvalue weighted by molar-refractivity contribution is -0.897. The second-order valence-electron chi connectivity index (χ2n) is 5.63. The Morgan fingerprint density at radius 2 is 2.09 bits per heavy atom. The van der Waals surface area contributed by atoms with E-state index in [-0.39, 0.29) is 30.0 Å². The normalized spacial score (nSPS) is 20.8. The number of halogens is 2. The quantitative estimate of drug-likeness (QED) is 0.792. The zero-order chi connectivity index (χ0) is 16.8. The molecule has 0 bridgehead atoms. The molecule has 126 valence electrons. The van der Waals surface area contributed by atoms with Crippen LogP contribution in [0, 0.1) is 11.7 Å². The van der Waals surface area contributed by atoms with Crippen molar-refractivity contribution in [2.24, 2.45) is 5.92 Å². The summed E-state index contributed by atoms with van der Waals surface area (Å²) in [5.74, 6) is -1.02. The third-order valence-corrected chi connectivity index (χ3v) is 4.16. The van der Waals surface area contributed by atoms with E-state index in [4.69, 9.17) is 16.3 Å². The first-order valence-electron chi connectivity index (χ1n) is 7.74. The number of ether oxygens (including phenoxy) is 1. The van der Waals surface area contributed by atoms with Crippen LogP contribution in [0.1, 0.15) is 19.8 Å². The highest BCUT2D eigenvalue weighted by Gasteiger charge is 2.29. The molecule has 0 unspecified atom stereocenters. The predicted molar refractivity (Wildman–Crippen MR) is 85.0 cm³/mol. The van der Waals surface area contributed by atoms with E-state index in [2.05, 4.69) is 5.32 Å². The highest BCUT2D eigenvalue weighted by atomic mass is 35.5. The zero-order valence-electron chi connectivity index (χ0n) is 13.0. The van der Waals surface area contributed by atoms with Crippen LogP contribution in [0.5, 0.6) is 0 Å². The maximum Gasteiger partial charge on any atom is 0.309 e. The molecule has 2 N–H and O–H groups in total. The molecule has 0 saturated carbocycles. The van der Waals surface area contributed by atoms with E-state index in [0.29, 0.717) is 24.5 Å². The first-order valence-corrected chi connectivity index (χ1v) is 8.12. The minimum atomic E-state index is -0.515. The summed E-state index contributed by atoms with van der Waals surface area (Å²) in [6.07, 6.45) is 1.40. The summed E-state index contributed by atoms with van der Waals surface area (Å²) >= 11 is 5.80. The van der Waals surface area contributed by atoms with Crippen LogP contribution in [-0.2, 0) is 14.3 Å². The number of hydrogen-bond donors (Lipinski definition) is 2. The van der Waals surface area contributed by atoms with Gasteiger partial charge in [-0.05, 0) is 25.1 Å². The number of anilines is 1. The summed E-state index contributed by atoms with van der Waals surface area (Å²) in [4.78, 5) is 24.8. The largest absolute Gasteiger partial charge is 0.466 e. The van der Waals surface area contributed by atoms with Gasteiger partial charge in [-0.3, -0.25) is 9.59 Å². The third kappa shape index (κ3) is 5.18. The van der Waals surface area contributed by atoms with Gasteiger partial charge in [-0.1, -0.05) is 11.6 Å². The lowest BCUT2D eigenvalue weighted by Gasteiger charge is -2.27. The number of esters is 1. The Balaban J connectivity index is 1.81. The molecule has 0 spiro atoms. The molecular formula is C16H21ClFN2O3+. The lowest BCUT2D eigenvalue weighted by atomic mass is 9.97. The number of carbonyl (C=O) groups excluding carboxylic acids is 2. The van der Waals surface area contributed by atoms with Gasteiger partial charge in [0.2, 0.25) is 0 Å². The van der Waals surface area contributed by atoms with Gasteiger partial charge in [0, 0.05) is 17.9 Å². The summed E-state index contributed by atoms with van der Waals surface area (Å²) in [6, 6.07) is 4.03. The average Bonchev–Trinajstić information content (AvgIpc) is 2.52. The predicted octanol–water partition coefficient (Wildman–Crippen LogP) is 1.28. The Morgan fingerprint density at radius 1 is 1.39 bits per heavy atom. The molecular weight excluding hydrogens is 323 g/mol. The molecule has 0 aromatic heterocycles. The fourth-order valence-electron chi connectivity index (χ4n) is 2.71. The first-order chi connectivity index (χ1) is 11.0. The van der Waals surface area contributed by atoms with E-state index >= 15 is 0 Å². The second kappa shape index (κ2) is 8.26. The molecule has 7 heteroatoms. The molecule has 1 aromatic carbocycles. The van der Waals surface area contributed by atoms with Crippen LogP contribution in [0.3, 0.4) is 0 Å². The van der Waals surface area contributed by atoms with E-state index in [9.17, 15) is 14.0 Å². The van der Waals surface area contributed by atoms with E-state index in [1.54, 1.807) is 6.92 Å². The molecule has 0 aliphatic carbocycles. The van der Waals surface area contributed by atoms with Crippen molar-refractivity contribution in [3.05, 3.63) is 29.0 Å². The van der Waals surface area contributed by atoms with Crippen molar-refractivity contribution in [3.8, 4) is 0 Å². The van der Waals surface area contributed by atoms with E-state index in [1.807, 2.05) is 0 Å². The van der Waals surface area contributed by atoms with Gasteiger partial charge in [0.15, 0.2) is 6.54 Å². The van der Waals surface area contributed by atoms with Crippen LogP contribution in [0.2, 0.25) is 5.02 Å². The Hall–Kier alpha value is -1.66. The molecule has 1 saturated heterocycles. The number of quaternary nitrogens is 1. The molecule has 1 amide bonds. The van der Waals surface area contributed by atoms with Crippen LogP contribution in [0.15, 0.2) is 18.2 Å². The summed E-state index contributed by atoms with van der Waals surface area (Å²) in [5, 5.41) is 2.91. The summed E-state index contributed by atoms with van der Waals surface area (Å²) in [6.45, 7) is 3.85. The summed E-state index contributed by atoms with van der Waals surface area (Å²) in [7, 11) is 0. The number of hydrogen-bond acceptors (Lipinski definition) is 3. The van der Waals surface area contributed by atoms with Gasteiger partial charge < -0.3 is 15.0 Å². The van der Waals surface area contributed by atoms with Crippen LogP contribution in [0.4, 0.5) is 10.1 Å². The minimum absolute atomic E-state index is 0.0767. The van der Waals surface area contributed by atoms with Crippen molar-refractivity contribution in [1.82, 2.24) is 0 Å². The Morgan fingerprint density at radius 3 is 2.74 bits per heavy atom. The van der Waals surface area contributed by atoms with Crippen molar-refractivity contribution in [2.45, 2.75) is 19.8 Å². The fourth-order valence-corrected chi connectivity index (χ4v) is 2.89. The van der Waals surface area contributed by atoms with Gasteiger partial charge in [-0.15, -0.1) is 0 Å². The highest BCUT2D eigenvalue weighted by molar-refractivity contribution is 6.30. The Labute approximate surface area is 139 Å². The Bertz CT molecular complexity index is 574. The lowest BCUT2D eigenvalue weighted by Crippen LogP contribution is -3.14. The molecule has 23 heavy (non-hydrogen) atoms. The highest BCUT2D eigenvalue weighted by Crippen LogP contribution is 2.19. The molecule has 1 heterocycles. The Kier molecular flexibility index (Phi) is 6.36. The average molecular weight is 344 g/mol.